The SMILES string of the molecule is COc1cc(OC)c(C2CNCC(C)O2)cc1OC. The summed E-state index contributed by atoms with van der Waals surface area (Å²) in [6, 6.07) is 3.75. The lowest BCUT2D eigenvalue weighted by Crippen LogP contribution is -2.39. The highest BCUT2D eigenvalue weighted by atomic mass is 16.5. The van der Waals surface area contributed by atoms with Gasteiger partial charge >= 0.3 is 0 Å². The van der Waals surface area contributed by atoms with Gasteiger partial charge in [0.2, 0.25) is 0 Å². The first-order chi connectivity index (χ1) is 9.19. The zero-order valence-corrected chi connectivity index (χ0v) is 11.9. The number of hydrogen-bond acceptors (Lipinski definition) is 5. The van der Waals surface area contributed by atoms with E-state index >= 15 is 0 Å². The Hall–Kier alpha value is -1.46. The van der Waals surface area contributed by atoms with Crippen LogP contribution in [0.4, 0.5) is 0 Å². The molecule has 1 N–H and O–H groups in total. The van der Waals surface area contributed by atoms with Gasteiger partial charge in [-0.15, -0.1) is 0 Å². The first-order valence-electron chi connectivity index (χ1n) is 6.35. The van der Waals surface area contributed by atoms with Crippen LogP contribution >= 0.6 is 0 Å². The maximum absolute atomic E-state index is 5.95. The fraction of sp³-hybridized carbons (Fsp3) is 0.571. The number of rotatable bonds is 4. The van der Waals surface area contributed by atoms with Crippen molar-refractivity contribution in [3.05, 3.63) is 17.7 Å². The Kier molecular flexibility index (Phi) is 4.50. The number of ether oxygens (including phenoxy) is 4. The summed E-state index contributed by atoms with van der Waals surface area (Å²) < 4.78 is 22.0. The highest BCUT2D eigenvalue weighted by molar-refractivity contribution is 5.51. The van der Waals surface area contributed by atoms with Gasteiger partial charge in [0.25, 0.3) is 0 Å². The highest BCUT2D eigenvalue weighted by Crippen LogP contribution is 2.39. The predicted molar refractivity (Wildman–Crippen MR) is 72.3 cm³/mol. The van der Waals surface area contributed by atoms with Crippen molar-refractivity contribution >= 4 is 0 Å². The van der Waals surface area contributed by atoms with Crippen LogP contribution in [0.2, 0.25) is 0 Å². The molecule has 2 atom stereocenters. The predicted octanol–water partition coefficient (Wildman–Crippen LogP) is 1.76. The molecule has 0 aromatic heterocycles. The van der Waals surface area contributed by atoms with E-state index < -0.39 is 0 Å². The molecule has 2 rings (SSSR count). The van der Waals surface area contributed by atoms with Gasteiger partial charge in [-0.05, 0) is 13.0 Å². The first kappa shape index (κ1) is 14.0. The second-order valence-corrected chi connectivity index (χ2v) is 4.54. The summed E-state index contributed by atoms with van der Waals surface area (Å²) in [4.78, 5) is 0. The van der Waals surface area contributed by atoms with Crippen molar-refractivity contribution in [3.63, 3.8) is 0 Å². The molecule has 0 bridgehead atoms. The minimum absolute atomic E-state index is 0.0430. The van der Waals surface area contributed by atoms with E-state index in [2.05, 4.69) is 5.32 Å². The first-order valence-corrected chi connectivity index (χ1v) is 6.35. The van der Waals surface area contributed by atoms with Crippen LogP contribution in [0.3, 0.4) is 0 Å². The van der Waals surface area contributed by atoms with E-state index in [1.807, 2.05) is 19.1 Å². The molecule has 1 fully saturated rings. The minimum atomic E-state index is -0.0430. The lowest BCUT2D eigenvalue weighted by Gasteiger charge is -2.30. The van der Waals surface area contributed by atoms with Crippen molar-refractivity contribution in [1.82, 2.24) is 5.32 Å². The lowest BCUT2D eigenvalue weighted by molar-refractivity contribution is -0.0297. The summed E-state index contributed by atoms with van der Waals surface area (Å²) in [5, 5.41) is 3.35. The monoisotopic (exact) mass is 267 g/mol. The van der Waals surface area contributed by atoms with E-state index in [1.165, 1.54) is 0 Å². The Morgan fingerprint density at radius 1 is 1.00 bits per heavy atom. The van der Waals surface area contributed by atoms with Crippen LogP contribution in [0, 0.1) is 0 Å². The van der Waals surface area contributed by atoms with Crippen LogP contribution < -0.4 is 19.5 Å². The van der Waals surface area contributed by atoms with Gasteiger partial charge in [-0.1, -0.05) is 0 Å². The molecule has 5 heteroatoms. The molecule has 0 spiro atoms. The average molecular weight is 267 g/mol. The number of morpholine rings is 1. The van der Waals surface area contributed by atoms with Gasteiger partial charge in [0.05, 0.1) is 33.5 Å². The van der Waals surface area contributed by atoms with E-state index in [0.717, 1.165) is 24.4 Å². The summed E-state index contributed by atoms with van der Waals surface area (Å²) in [7, 11) is 4.87. The standard InChI is InChI=1S/C14H21NO4/c1-9-7-15-8-14(19-9)10-5-12(17-3)13(18-4)6-11(10)16-2/h5-6,9,14-15H,7-8H2,1-4H3. The second-order valence-electron chi connectivity index (χ2n) is 4.54. The summed E-state index contributed by atoms with van der Waals surface area (Å²) in [5.41, 5.74) is 0.971. The van der Waals surface area contributed by atoms with Crippen LogP contribution in [0.5, 0.6) is 17.2 Å². The number of hydrogen-bond donors (Lipinski definition) is 1. The van der Waals surface area contributed by atoms with E-state index in [9.17, 15) is 0 Å². The van der Waals surface area contributed by atoms with Gasteiger partial charge in [0.15, 0.2) is 11.5 Å². The van der Waals surface area contributed by atoms with E-state index in [4.69, 9.17) is 18.9 Å². The zero-order valence-electron chi connectivity index (χ0n) is 11.9. The van der Waals surface area contributed by atoms with Crippen LogP contribution in [-0.4, -0.2) is 40.5 Å². The van der Waals surface area contributed by atoms with Crippen LogP contribution in [0.15, 0.2) is 12.1 Å². The second kappa shape index (κ2) is 6.12. The summed E-state index contributed by atoms with van der Waals surface area (Å²) in [5.74, 6) is 2.08. The molecule has 1 saturated heterocycles. The normalized spacial score (nSPS) is 22.9. The van der Waals surface area contributed by atoms with Gasteiger partial charge in [-0.25, -0.2) is 0 Å². The van der Waals surface area contributed by atoms with E-state index in [-0.39, 0.29) is 12.2 Å². The molecule has 0 radical (unpaired) electrons. The van der Waals surface area contributed by atoms with Crippen molar-refractivity contribution in [2.75, 3.05) is 34.4 Å². The molecule has 1 aliphatic heterocycles. The van der Waals surface area contributed by atoms with Crippen molar-refractivity contribution in [1.29, 1.82) is 0 Å². The van der Waals surface area contributed by atoms with Gasteiger partial charge < -0.3 is 24.3 Å². The lowest BCUT2D eigenvalue weighted by atomic mass is 10.1. The van der Waals surface area contributed by atoms with Crippen molar-refractivity contribution in [2.24, 2.45) is 0 Å². The van der Waals surface area contributed by atoms with Crippen LogP contribution in [0.1, 0.15) is 18.6 Å². The minimum Gasteiger partial charge on any atom is -0.496 e. The van der Waals surface area contributed by atoms with Gasteiger partial charge in [-0.2, -0.15) is 0 Å². The molecular formula is C14H21NO4. The maximum Gasteiger partial charge on any atom is 0.164 e. The van der Waals surface area contributed by atoms with Gasteiger partial charge in [0.1, 0.15) is 5.75 Å². The summed E-state index contributed by atoms with van der Waals surface area (Å²) in [6.45, 7) is 3.68. The zero-order chi connectivity index (χ0) is 13.8. The number of methoxy groups -OCH3 is 3. The molecule has 19 heavy (non-hydrogen) atoms. The largest absolute Gasteiger partial charge is 0.496 e. The topological polar surface area (TPSA) is 49.0 Å². The Morgan fingerprint density at radius 3 is 2.21 bits per heavy atom. The molecule has 106 valence electrons. The summed E-state index contributed by atoms with van der Waals surface area (Å²) >= 11 is 0. The van der Waals surface area contributed by atoms with Crippen molar-refractivity contribution in [2.45, 2.75) is 19.1 Å². The van der Waals surface area contributed by atoms with E-state index in [0.29, 0.717) is 11.5 Å². The quantitative estimate of drug-likeness (QED) is 0.901. The third kappa shape index (κ3) is 2.93. The fourth-order valence-electron chi connectivity index (χ4n) is 2.28. The summed E-state index contributed by atoms with van der Waals surface area (Å²) in [6.07, 6.45) is 0.134. The average Bonchev–Trinajstić information content (AvgIpc) is 2.45. The van der Waals surface area contributed by atoms with Gasteiger partial charge in [-0.3, -0.25) is 0 Å². The third-order valence-corrected chi connectivity index (χ3v) is 3.24. The Morgan fingerprint density at radius 2 is 1.63 bits per heavy atom. The van der Waals surface area contributed by atoms with Crippen molar-refractivity contribution < 1.29 is 18.9 Å². The fourth-order valence-corrected chi connectivity index (χ4v) is 2.28. The third-order valence-electron chi connectivity index (χ3n) is 3.24. The van der Waals surface area contributed by atoms with Gasteiger partial charge in [0, 0.05) is 24.7 Å². The Labute approximate surface area is 113 Å². The molecule has 0 amide bonds. The molecule has 1 aliphatic rings. The molecule has 2 unspecified atom stereocenters. The molecule has 5 nitrogen and oxygen atoms in total. The van der Waals surface area contributed by atoms with E-state index in [1.54, 1.807) is 21.3 Å². The smallest absolute Gasteiger partial charge is 0.164 e. The number of nitrogens with one attached hydrogen (secondary N) is 1. The van der Waals surface area contributed by atoms with Crippen LogP contribution in [0.25, 0.3) is 0 Å². The molecule has 1 heterocycles. The molecule has 1 aromatic rings. The van der Waals surface area contributed by atoms with Crippen molar-refractivity contribution in [3.8, 4) is 17.2 Å². The number of benzene rings is 1. The molecule has 0 aliphatic carbocycles. The highest BCUT2D eigenvalue weighted by Gasteiger charge is 2.25. The molecule has 0 saturated carbocycles. The Balaban J connectivity index is 2.37. The van der Waals surface area contributed by atoms with Crippen LogP contribution in [-0.2, 0) is 4.74 Å². The molecule has 1 aromatic carbocycles. The Bertz CT molecular complexity index is 436. The molecular weight excluding hydrogens is 246 g/mol. The maximum atomic E-state index is 5.95.